The minimum Gasteiger partial charge on any atom is -0.374 e. The van der Waals surface area contributed by atoms with E-state index >= 15 is 0 Å². The molecule has 2 rings (SSSR count). The minimum absolute atomic E-state index is 0.324. The summed E-state index contributed by atoms with van der Waals surface area (Å²) in [5.41, 5.74) is 5.80. The van der Waals surface area contributed by atoms with Gasteiger partial charge in [0.1, 0.15) is 5.01 Å². The number of nitrogen functional groups attached to an aromatic ring is 1. The average Bonchev–Trinajstić information content (AvgIpc) is 2.97. The van der Waals surface area contributed by atoms with Gasteiger partial charge in [-0.15, -0.1) is 10.2 Å². The lowest BCUT2D eigenvalue weighted by Gasteiger charge is -2.10. The maximum Gasteiger partial charge on any atom is 0.294 e. The van der Waals surface area contributed by atoms with Crippen molar-refractivity contribution in [2.45, 2.75) is 13.0 Å². The first-order chi connectivity index (χ1) is 8.99. The van der Waals surface area contributed by atoms with Crippen molar-refractivity contribution in [2.75, 3.05) is 5.73 Å². The molecule has 0 aromatic carbocycles. The van der Waals surface area contributed by atoms with Gasteiger partial charge in [0.05, 0.1) is 11.7 Å². The molecule has 1 amide bonds. The molecule has 0 aliphatic carbocycles. The SMILES string of the molecule is CC(NC(=O)C(=O)c1cccn1C)c1nnc(N)s1. The molecule has 100 valence electrons. The highest BCUT2D eigenvalue weighted by atomic mass is 32.1. The number of hydrogen-bond donors (Lipinski definition) is 2. The summed E-state index contributed by atoms with van der Waals surface area (Å²) in [4.78, 5) is 23.7. The Balaban J connectivity index is 2.05. The standard InChI is InChI=1S/C11H13N5O2S/c1-6(10-14-15-11(12)19-10)13-9(18)8(17)7-4-3-5-16(7)2/h3-6H,1-2H3,(H2,12,15)(H,13,18). The molecule has 2 aromatic rings. The minimum atomic E-state index is -0.678. The fourth-order valence-corrected chi connectivity index (χ4v) is 2.17. The van der Waals surface area contributed by atoms with Crippen LogP contribution in [-0.4, -0.2) is 26.5 Å². The van der Waals surface area contributed by atoms with Crippen LogP contribution in [0.5, 0.6) is 0 Å². The van der Waals surface area contributed by atoms with E-state index in [-0.39, 0.29) is 0 Å². The Bertz CT molecular complexity index is 618. The van der Waals surface area contributed by atoms with Crippen LogP contribution in [0.1, 0.15) is 28.5 Å². The number of ketones is 1. The van der Waals surface area contributed by atoms with Crippen molar-refractivity contribution in [3.63, 3.8) is 0 Å². The largest absolute Gasteiger partial charge is 0.374 e. The predicted molar refractivity (Wildman–Crippen MR) is 70.6 cm³/mol. The quantitative estimate of drug-likeness (QED) is 0.627. The Morgan fingerprint density at radius 2 is 2.21 bits per heavy atom. The molecular formula is C11H13N5O2S. The molecule has 0 saturated heterocycles. The molecule has 0 aliphatic heterocycles. The van der Waals surface area contributed by atoms with E-state index in [1.165, 1.54) is 11.3 Å². The van der Waals surface area contributed by atoms with E-state index in [2.05, 4.69) is 15.5 Å². The third-order valence-corrected chi connectivity index (χ3v) is 3.49. The molecule has 8 heteroatoms. The molecule has 3 N–H and O–H groups in total. The Kier molecular flexibility index (Phi) is 3.61. The Morgan fingerprint density at radius 3 is 2.74 bits per heavy atom. The van der Waals surface area contributed by atoms with E-state index in [1.807, 2.05) is 0 Å². The second kappa shape index (κ2) is 5.19. The molecular weight excluding hydrogens is 266 g/mol. The van der Waals surface area contributed by atoms with Crippen LogP contribution < -0.4 is 11.1 Å². The van der Waals surface area contributed by atoms with E-state index in [0.29, 0.717) is 15.8 Å². The highest BCUT2D eigenvalue weighted by molar-refractivity contribution is 7.15. The van der Waals surface area contributed by atoms with Crippen molar-refractivity contribution in [1.29, 1.82) is 0 Å². The van der Waals surface area contributed by atoms with Gasteiger partial charge >= 0.3 is 0 Å². The lowest BCUT2D eigenvalue weighted by Crippen LogP contribution is -2.34. The Hall–Kier alpha value is -2.22. The first kappa shape index (κ1) is 13.2. The van der Waals surface area contributed by atoms with E-state index < -0.39 is 17.7 Å². The van der Waals surface area contributed by atoms with Gasteiger partial charge in [-0.25, -0.2) is 0 Å². The summed E-state index contributed by atoms with van der Waals surface area (Å²) >= 11 is 1.17. The highest BCUT2D eigenvalue weighted by Crippen LogP contribution is 2.18. The fourth-order valence-electron chi connectivity index (χ4n) is 1.56. The van der Waals surface area contributed by atoms with Crippen LogP contribution in [0, 0.1) is 0 Å². The van der Waals surface area contributed by atoms with Crippen LogP contribution >= 0.6 is 11.3 Å². The number of aryl methyl sites for hydroxylation is 1. The third kappa shape index (κ3) is 2.79. The fraction of sp³-hybridized carbons (Fsp3) is 0.273. The zero-order valence-electron chi connectivity index (χ0n) is 10.5. The van der Waals surface area contributed by atoms with Crippen LogP contribution in [0.25, 0.3) is 0 Å². The van der Waals surface area contributed by atoms with Gasteiger partial charge in [-0.1, -0.05) is 11.3 Å². The topological polar surface area (TPSA) is 103 Å². The van der Waals surface area contributed by atoms with Crippen molar-refractivity contribution in [2.24, 2.45) is 7.05 Å². The number of rotatable bonds is 4. The number of carbonyl (C=O) groups excluding carboxylic acids is 2. The molecule has 7 nitrogen and oxygen atoms in total. The number of Topliss-reactive ketones (excluding diaryl/α,β-unsaturated/α-hetero) is 1. The molecule has 2 heterocycles. The Morgan fingerprint density at radius 1 is 1.47 bits per heavy atom. The van der Waals surface area contributed by atoms with Crippen LogP contribution in [0.2, 0.25) is 0 Å². The summed E-state index contributed by atoms with van der Waals surface area (Å²) in [6, 6.07) is 2.89. The van der Waals surface area contributed by atoms with Crippen molar-refractivity contribution in [3.05, 3.63) is 29.0 Å². The molecule has 0 radical (unpaired) electrons. The lowest BCUT2D eigenvalue weighted by atomic mass is 10.2. The van der Waals surface area contributed by atoms with Gasteiger partial charge in [0.2, 0.25) is 5.13 Å². The van der Waals surface area contributed by atoms with E-state index in [1.54, 1.807) is 36.9 Å². The predicted octanol–water partition coefficient (Wildman–Crippen LogP) is 0.519. The first-order valence-corrected chi connectivity index (χ1v) is 6.36. The van der Waals surface area contributed by atoms with Gasteiger partial charge in [-0.05, 0) is 19.1 Å². The van der Waals surface area contributed by atoms with E-state index in [0.717, 1.165) is 0 Å². The molecule has 0 aliphatic rings. The maximum atomic E-state index is 11.9. The molecule has 0 spiro atoms. The molecule has 0 bridgehead atoms. The number of hydrogen-bond acceptors (Lipinski definition) is 6. The summed E-state index contributed by atoms with van der Waals surface area (Å²) in [5, 5.41) is 10.9. The molecule has 0 saturated carbocycles. The Labute approximate surface area is 113 Å². The van der Waals surface area contributed by atoms with Crippen LogP contribution in [0.15, 0.2) is 18.3 Å². The van der Waals surface area contributed by atoms with Crippen molar-refractivity contribution >= 4 is 28.2 Å². The van der Waals surface area contributed by atoms with Gasteiger partial charge < -0.3 is 15.6 Å². The number of nitrogens with zero attached hydrogens (tertiary/aromatic N) is 3. The smallest absolute Gasteiger partial charge is 0.294 e. The van der Waals surface area contributed by atoms with Gasteiger partial charge in [0, 0.05) is 13.2 Å². The van der Waals surface area contributed by atoms with Crippen LogP contribution in [0.4, 0.5) is 5.13 Å². The van der Waals surface area contributed by atoms with E-state index in [9.17, 15) is 9.59 Å². The number of anilines is 1. The highest BCUT2D eigenvalue weighted by Gasteiger charge is 2.22. The zero-order chi connectivity index (χ0) is 14.0. The number of carbonyl (C=O) groups is 2. The normalized spacial score (nSPS) is 12.1. The van der Waals surface area contributed by atoms with Gasteiger partial charge in [-0.3, -0.25) is 9.59 Å². The van der Waals surface area contributed by atoms with Crippen LogP contribution in [0.3, 0.4) is 0 Å². The summed E-state index contributed by atoms with van der Waals surface area (Å²) in [6.07, 6.45) is 1.70. The summed E-state index contributed by atoms with van der Waals surface area (Å²) in [7, 11) is 1.70. The van der Waals surface area contributed by atoms with Crippen LogP contribution in [-0.2, 0) is 11.8 Å². The van der Waals surface area contributed by atoms with E-state index in [4.69, 9.17) is 5.73 Å². The average molecular weight is 279 g/mol. The van der Waals surface area contributed by atoms with Crippen molar-refractivity contribution in [1.82, 2.24) is 20.1 Å². The lowest BCUT2D eigenvalue weighted by molar-refractivity contribution is -0.117. The molecule has 1 atom stereocenters. The molecule has 1 unspecified atom stereocenters. The third-order valence-electron chi connectivity index (χ3n) is 2.56. The number of nitrogens with one attached hydrogen (secondary N) is 1. The first-order valence-electron chi connectivity index (χ1n) is 5.54. The second-order valence-corrected chi connectivity index (χ2v) is 5.05. The maximum absolute atomic E-state index is 11.9. The molecule has 19 heavy (non-hydrogen) atoms. The van der Waals surface area contributed by atoms with Gasteiger partial charge in [0.15, 0.2) is 0 Å². The van der Waals surface area contributed by atoms with Gasteiger partial charge in [0.25, 0.3) is 11.7 Å². The monoisotopic (exact) mass is 279 g/mol. The number of aromatic nitrogens is 3. The zero-order valence-corrected chi connectivity index (χ0v) is 11.3. The van der Waals surface area contributed by atoms with Gasteiger partial charge in [-0.2, -0.15) is 0 Å². The second-order valence-electron chi connectivity index (χ2n) is 4.01. The molecule has 2 aromatic heterocycles. The summed E-state index contributed by atoms with van der Waals surface area (Å²) < 4.78 is 1.59. The van der Waals surface area contributed by atoms with Crippen molar-refractivity contribution < 1.29 is 9.59 Å². The number of nitrogens with two attached hydrogens (primary N) is 1. The summed E-state index contributed by atoms with van der Waals surface area (Å²) in [6.45, 7) is 1.72. The summed E-state index contributed by atoms with van der Waals surface area (Å²) in [5.74, 6) is -1.26. The van der Waals surface area contributed by atoms with Crippen molar-refractivity contribution in [3.8, 4) is 0 Å². The molecule has 0 fully saturated rings. The number of amides is 1.